The van der Waals surface area contributed by atoms with Crippen LogP contribution in [0.5, 0.6) is 5.75 Å². The van der Waals surface area contributed by atoms with E-state index in [9.17, 15) is 9.50 Å². The van der Waals surface area contributed by atoms with Crippen LogP contribution < -0.4 is 4.74 Å². The minimum atomic E-state index is -1.08. The highest BCUT2D eigenvalue weighted by Crippen LogP contribution is 2.35. The van der Waals surface area contributed by atoms with E-state index in [2.05, 4.69) is 0 Å². The van der Waals surface area contributed by atoms with Gasteiger partial charge in [0.1, 0.15) is 17.7 Å². The highest BCUT2D eigenvalue weighted by atomic mass is 19.1. The zero-order valence-corrected chi connectivity index (χ0v) is 11.6. The van der Waals surface area contributed by atoms with Crippen molar-refractivity contribution in [3.63, 3.8) is 0 Å². The summed E-state index contributed by atoms with van der Waals surface area (Å²) in [5.41, 5.74) is 0.827. The highest BCUT2D eigenvalue weighted by molar-refractivity contribution is 5.86. The number of benzene rings is 3. The summed E-state index contributed by atoms with van der Waals surface area (Å²) in [6.07, 6.45) is -1.08. The second kappa shape index (κ2) is 5.54. The first kappa shape index (κ1) is 13.6. The third kappa shape index (κ3) is 2.36. The van der Waals surface area contributed by atoms with Gasteiger partial charge in [0.25, 0.3) is 0 Å². The Morgan fingerprint density at radius 3 is 2.48 bits per heavy atom. The Bertz CT molecular complexity index is 778. The molecule has 106 valence electrons. The summed E-state index contributed by atoms with van der Waals surface area (Å²) >= 11 is 0. The molecular weight excluding hydrogens is 267 g/mol. The monoisotopic (exact) mass is 282 g/mol. The molecule has 1 N–H and O–H groups in total. The van der Waals surface area contributed by atoms with Gasteiger partial charge < -0.3 is 9.84 Å². The highest BCUT2D eigenvalue weighted by Gasteiger charge is 2.21. The zero-order valence-electron chi connectivity index (χ0n) is 11.6. The number of fused-ring (bicyclic) bond motifs is 1. The SMILES string of the molecule is COc1cccc(F)c1C(O)c1cccc2ccccc12. The first-order valence-corrected chi connectivity index (χ1v) is 6.70. The lowest BCUT2D eigenvalue weighted by atomic mass is 9.95. The largest absolute Gasteiger partial charge is 0.496 e. The molecule has 3 heteroatoms. The van der Waals surface area contributed by atoms with E-state index in [1.54, 1.807) is 18.2 Å². The summed E-state index contributed by atoms with van der Waals surface area (Å²) in [5, 5.41) is 12.6. The fourth-order valence-electron chi connectivity index (χ4n) is 2.61. The molecule has 0 aliphatic rings. The van der Waals surface area contributed by atoms with Crippen LogP contribution in [0.15, 0.2) is 60.7 Å². The molecule has 1 unspecified atom stereocenters. The van der Waals surface area contributed by atoms with Crippen LogP contribution >= 0.6 is 0 Å². The molecule has 2 nitrogen and oxygen atoms in total. The predicted octanol–water partition coefficient (Wildman–Crippen LogP) is 4.07. The number of methoxy groups -OCH3 is 1. The molecule has 0 saturated heterocycles. The lowest BCUT2D eigenvalue weighted by Gasteiger charge is -2.17. The average Bonchev–Trinajstić information content (AvgIpc) is 2.53. The fourth-order valence-corrected chi connectivity index (χ4v) is 2.61. The molecule has 21 heavy (non-hydrogen) atoms. The maximum atomic E-state index is 14.1. The first-order chi connectivity index (χ1) is 10.2. The van der Waals surface area contributed by atoms with E-state index < -0.39 is 11.9 Å². The fraction of sp³-hybridized carbons (Fsp3) is 0.111. The van der Waals surface area contributed by atoms with Crippen LogP contribution in [0.4, 0.5) is 4.39 Å². The molecule has 0 aliphatic carbocycles. The van der Waals surface area contributed by atoms with Gasteiger partial charge in [0.05, 0.1) is 12.7 Å². The van der Waals surface area contributed by atoms with Gasteiger partial charge in [0, 0.05) is 0 Å². The van der Waals surface area contributed by atoms with Gasteiger partial charge in [0.15, 0.2) is 0 Å². The van der Waals surface area contributed by atoms with E-state index in [0.29, 0.717) is 11.3 Å². The quantitative estimate of drug-likeness (QED) is 0.784. The summed E-state index contributed by atoms with van der Waals surface area (Å²) in [5.74, 6) is -0.134. The van der Waals surface area contributed by atoms with Gasteiger partial charge in [-0.1, -0.05) is 48.5 Å². The van der Waals surface area contributed by atoms with Crippen LogP contribution in [0.1, 0.15) is 17.2 Å². The van der Waals surface area contributed by atoms with Gasteiger partial charge in [-0.3, -0.25) is 0 Å². The van der Waals surface area contributed by atoms with Gasteiger partial charge >= 0.3 is 0 Å². The third-order valence-electron chi connectivity index (χ3n) is 3.62. The summed E-state index contributed by atoms with van der Waals surface area (Å²) < 4.78 is 19.3. The molecule has 0 radical (unpaired) electrons. The molecule has 3 aromatic carbocycles. The standard InChI is InChI=1S/C18H15FO2/c1-21-16-11-5-10-15(19)17(16)18(20)14-9-4-7-12-6-2-3-8-13(12)14/h2-11,18,20H,1H3. The van der Waals surface area contributed by atoms with Gasteiger partial charge in [-0.15, -0.1) is 0 Å². The van der Waals surface area contributed by atoms with Crippen molar-refractivity contribution in [2.75, 3.05) is 7.11 Å². The molecule has 0 bridgehead atoms. The van der Waals surface area contributed by atoms with Crippen molar-refractivity contribution in [1.82, 2.24) is 0 Å². The Morgan fingerprint density at radius 2 is 1.67 bits per heavy atom. The Hall–Kier alpha value is -2.39. The van der Waals surface area contributed by atoms with Crippen molar-refractivity contribution in [2.24, 2.45) is 0 Å². The van der Waals surface area contributed by atoms with Crippen molar-refractivity contribution in [3.05, 3.63) is 77.6 Å². The summed E-state index contributed by atoms with van der Waals surface area (Å²) in [6.45, 7) is 0. The van der Waals surface area contributed by atoms with E-state index >= 15 is 0 Å². The Kier molecular flexibility index (Phi) is 3.59. The lowest BCUT2D eigenvalue weighted by Crippen LogP contribution is -2.06. The van der Waals surface area contributed by atoms with Crippen LogP contribution in [0.3, 0.4) is 0 Å². The van der Waals surface area contributed by atoms with Crippen molar-refractivity contribution in [3.8, 4) is 5.75 Å². The van der Waals surface area contributed by atoms with Crippen molar-refractivity contribution in [1.29, 1.82) is 0 Å². The Balaban J connectivity index is 2.20. The number of rotatable bonds is 3. The topological polar surface area (TPSA) is 29.5 Å². The van der Waals surface area contributed by atoms with Crippen molar-refractivity contribution < 1.29 is 14.2 Å². The first-order valence-electron chi connectivity index (χ1n) is 6.70. The minimum Gasteiger partial charge on any atom is -0.496 e. The average molecular weight is 282 g/mol. The van der Waals surface area contributed by atoms with Gasteiger partial charge in [-0.05, 0) is 28.5 Å². The van der Waals surface area contributed by atoms with E-state index in [4.69, 9.17) is 4.74 Å². The molecule has 0 amide bonds. The Morgan fingerprint density at radius 1 is 0.952 bits per heavy atom. The molecule has 0 spiro atoms. The number of hydrogen-bond acceptors (Lipinski definition) is 2. The van der Waals surface area contributed by atoms with Gasteiger partial charge in [0.2, 0.25) is 0 Å². The zero-order chi connectivity index (χ0) is 14.8. The molecule has 0 saturated carbocycles. The van der Waals surface area contributed by atoms with Crippen LogP contribution in [0.25, 0.3) is 10.8 Å². The van der Waals surface area contributed by atoms with E-state index in [0.717, 1.165) is 10.8 Å². The summed E-state index contributed by atoms with van der Waals surface area (Å²) in [4.78, 5) is 0. The van der Waals surface area contributed by atoms with E-state index in [-0.39, 0.29) is 5.56 Å². The molecule has 3 aromatic rings. The van der Waals surface area contributed by atoms with Gasteiger partial charge in [-0.25, -0.2) is 4.39 Å². The number of hydrogen-bond donors (Lipinski definition) is 1. The number of halogens is 1. The smallest absolute Gasteiger partial charge is 0.133 e. The molecule has 3 rings (SSSR count). The van der Waals surface area contributed by atoms with E-state index in [1.807, 2.05) is 36.4 Å². The maximum absolute atomic E-state index is 14.1. The molecule has 0 fully saturated rings. The van der Waals surface area contributed by atoms with Crippen molar-refractivity contribution in [2.45, 2.75) is 6.10 Å². The number of aliphatic hydroxyl groups excluding tert-OH is 1. The predicted molar refractivity (Wildman–Crippen MR) is 81.0 cm³/mol. The minimum absolute atomic E-state index is 0.163. The third-order valence-corrected chi connectivity index (χ3v) is 3.62. The molecule has 0 aliphatic heterocycles. The van der Waals surface area contributed by atoms with Gasteiger partial charge in [-0.2, -0.15) is 0 Å². The molecule has 0 heterocycles. The Labute approximate surface area is 122 Å². The molecular formula is C18H15FO2. The summed E-state index contributed by atoms with van der Waals surface area (Å²) in [6, 6.07) is 17.9. The second-order valence-corrected chi connectivity index (χ2v) is 4.83. The molecule has 1 atom stereocenters. The van der Waals surface area contributed by atoms with Crippen LogP contribution in [-0.4, -0.2) is 12.2 Å². The summed E-state index contributed by atoms with van der Waals surface area (Å²) in [7, 11) is 1.47. The number of ether oxygens (including phenoxy) is 1. The second-order valence-electron chi connectivity index (χ2n) is 4.83. The lowest BCUT2D eigenvalue weighted by molar-refractivity contribution is 0.210. The van der Waals surface area contributed by atoms with Crippen LogP contribution in [0.2, 0.25) is 0 Å². The van der Waals surface area contributed by atoms with E-state index in [1.165, 1.54) is 13.2 Å². The van der Waals surface area contributed by atoms with Crippen LogP contribution in [-0.2, 0) is 0 Å². The molecule has 0 aromatic heterocycles. The van der Waals surface area contributed by atoms with Crippen molar-refractivity contribution >= 4 is 10.8 Å². The normalized spacial score (nSPS) is 12.3. The van der Waals surface area contributed by atoms with Crippen LogP contribution in [0, 0.1) is 5.82 Å². The maximum Gasteiger partial charge on any atom is 0.133 e. The number of aliphatic hydroxyl groups is 1.